The molecule has 2 atom stereocenters. The van der Waals surface area contributed by atoms with E-state index in [9.17, 15) is 4.79 Å². The van der Waals surface area contributed by atoms with Crippen LogP contribution in [-0.4, -0.2) is 33.9 Å². The van der Waals surface area contributed by atoms with E-state index < -0.39 is 0 Å². The maximum atomic E-state index is 12.4. The average molecular weight is 542 g/mol. The van der Waals surface area contributed by atoms with E-state index in [1.165, 1.54) is 37.7 Å². The second kappa shape index (κ2) is 10.2. The Morgan fingerprint density at radius 2 is 1.76 bits per heavy atom. The quantitative estimate of drug-likeness (QED) is 0.271. The molecule has 0 aliphatic carbocycles. The van der Waals surface area contributed by atoms with Crippen LogP contribution in [0.3, 0.4) is 0 Å². The maximum absolute atomic E-state index is 12.4. The Morgan fingerprint density at radius 1 is 1.06 bits per heavy atom. The number of fused-ring (bicyclic) bond motifs is 3. The van der Waals surface area contributed by atoms with E-state index in [-0.39, 0.29) is 5.78 Å². The van der Waals surface area contributed by atoms with Crippen LogP contribution >= 0.6 is 27.5 Å². The summed E-state index contributed by atoms with van der Waals surface area (Å²) < 4.78 is 3.43. The molecule has 3 aromatic rings. The highest BCUT2D eigenvalue weighted by Crippen LogP contribution is 2.40. The number of carbonyl (C=O) groups is 1. The average Bonchev–Trinajstić information content (AvgIpc) is 3.22. The van der Waals surface area contributed by atoms with Crippen molar-refractivity contribution < 1.29 is 4.79 Å². The summed E-state index contributed by atoms with van der Waals surface area (Å²) >= 11 is 9.77. The van der Waals surface area contributed by atoms with Gasteiger partial charge in [0, 0.05) is 51.3 Å². The molecule has 3 heterocycles. The molecule has 5 heteroatoms. The molecule has 2 fully saturated rings. The largest absolute Gasteiger partial charge is 0.343 e. The van der Waals surface area contributed by atoms with Crippen LogP contribution in [0.25, 0.3) is 10.9 Å². The number of hydrogen-bond acceptors (Lipinski definition) is 2. The van der Waals surface area contributed by atoms with Gasteiger partial charge in [-0.1, -0.05) is 35.9 Å². The van der Waals surface area contributed by atoms with Gasteiger partial charge in [0.2, 0.25) is 0 Å². The molecule has 34 heavy (non-hydrogen) atoms. The fraction of sp³-hybridized carbons (Fsp3) is 0.483. The monoisotopic (exact) mass is 540 g/mol. The van der Waals surface area contributed by atoms with E-state index in [1.807, 2.05) is 18.2 Å². The number of aryl methyl sites for hydroxylation is 2. The zero-order chi connectivity index (χ0) is 23.8. The van der Waals surface area contributed by atoms with Crippen molar-refractivity contribution in [1.29, 1.82) is 0 Å². The fourth-order valence-electron chi connectivity index (χ4n) is 6.63. The van der Waals surface area contributed by atoms with E-state index in [4.69, 9.17) is 11.6 Å². The molecular formula is C29H34BrClN2O. The summed E-state index contributed by atoms with van der Waals surface area (Å²) in [6, 6.07) is 16.0. The highest BCUT2D eigenvalue weighted by Gasteiger charge is 2.39. The second-order valence-electron chi connectivity index (χ2n) is 10.3. The highest BCUT2D eigenvalue weighted by atomic mass is 79.9. The van der Waals surface area contributed by atoms with Gasteiger partial charge in [-0.15, -0.1) is 0 Å². The van der Waals surface area contributed by atoms with Gasteiger partial charge in [-0.2, -0.15) is 0 Å². The molecule has 2 aromatic carbocycles. The Bertz CT molecular complexity index is 1170. The number of benzene rings is 2. The highest BCUT2D eigenvalue weighted by molar-refractivity contribution is 9.10. The van der Waals surface area contributed by atoms with Gasteiger partial charge in [0.25, 0.3) is 0 Å². The third kappa shape index (κ3) is 4.74. The van der Waals surface area contributed by atoms with E-state index in [0.29, 0.717) is 0 Å². The maximum Gasteiger partial charge on any atom is 0.162 e. The Morgan fingerprint density at radius 3 is 2.44 bits per heavy atom. The number of aromatic nitrogens is 1. The van der Waals surface area contributed by atoms with E-state index in [2.05, 4.69) is 56.6 Å². The van der Waals surface area contributed by atoms with Crippen molar-refractivity contribution in [1.82, 2.24) is 9.47 Å². The first-order chi connectivity index (χ1) is 16.4. The van der Waals surface area contributed by atoms with Crippen LogP contribution in [0.15, 0.2) is 46.9 Å². The van der Waals surface area contributed by atoms with Crippen LogP contribution in [-0.2, 0) is 13.0 Å². The number of halogens is 2. The number of ketones is 1. The zero-order valence-electron chi connectivity index (χ0n) is 20.2. The van der Waals surface area contributed by atoms with Crippen LogP contribution in [0.5, 0.6) is 0 Å². The van der Waals surface area contributed by atoms with Crippen LogP contribution < -0.4 is 0 Å². The SMILES string of the molecule is CC(=O)c1c(C)n(CCCN2C3CCC2CC(CCc2ccc(Cl)cc2)C3)c2c(Br)cccc12. The molecule has 180 valence electrons. The molecule has 2 saturated heterocycles. The number of nitrogens with zero attached hydrogens (tertiary/aromatic N) is 2. The van der Waals surface area contributed by atoms with Crippen molar-refractivity contribution in [3.8, 4) is 0 Å². The lowest BCUT2D eigenvalue weighted by atomic mass is 9.86. The van der Waals surface area contributed by atoms with Crippen LogP contribution in [0.4, 0.5) is 0 Å². The normalized spacial score (nSPS) is 22.5. The van der Waals surface area contributed by atoms with Gasteiger partial charge in [-0.3, -0.25) is 9.69 Å². The third-order valence-corrected chi connectivity index (χ3v) is 9.07. The van der Waals surface area contributed by atoms with Crippen molar-refractivity contribution in [3.63, 3.8) is 0 Å². The van der Waals surface area contributed by atoms with Crippen molar-refractivity contribution in [3.05, 3.63) is 68.8 Å². The molecule has 2 unspecified atom stereocenters. The van der Waals surface area contributed by atoms with Crippen molar-refractivity contribution in [2.45, 2.75) is 77.4 Å². The molecular weight excluding hydrogens is 508 g/mol. The lowest BCUT2D eigenvalue weighted by molar-refractivity contribution is 0.0978. The Kier molecular flexibility index (Phi) is 7.20. The summed E-state index contributed by atoms with van der Waals surface area (Å²) in [5.74, 6) is 0.993. The van der Waals surface area contributed by atoms with Gasteiger partial charge in [-0.25, -0.2) is 0 Å². The number of hydrogen-bond donors (Lipinski definition) is 0. The van der Waals surface area contributed by atoms with Gasteiger partial charge in [0.15, 0.2) is 5.78 Å². The van der Waals surface area contributed by atoms with Gasteiger partial charge < -0.3 is 4.57 Å². The zero-order valence-corrected chi connectivity index (χ0v) is 22.5. The first-order valence-corrected chi connectivity index (χ1v) is 13.9. The summed E-state index contributed by atoms with van der Waals surface area (Å²) in [5, 5.41) is 1.89. The summed E-state index contributed by atoms with van der Waals surface area (Å²) in [4.78, 5) is 15.2. The Balaban J connectivity index is 1.20. The Labute approximate surface area is 216 Å². The standard InChI is InChI=1S/C29H34BrClN2O/c1-19-28(20(2)34)26-5-3-6-27(30)29(26)32(19)15-4-16-33-24-13-14-25(33)18-22(17-24)8-7-21-9-11-23(31)12-10-21/h3,5-6,9-12,22,24-25H,4,7-8,13-18H2,1-2H3. The molecule has 1 aromatic heterocycles. The summed E-state index contributed by atoms with van der Waals surface area (Å²) in [5.41, 5.74) is 4.54. The molecule has 2 aliphatic heterocycles. The van der Waals surface area contributed by atoms with Crippen molar-refractivity contribution in [2.24, 2.45) is 5.92 Å². The molecule has 0 radical (unpaired) electrons. The summed E-state index contributed by atoms with van der Waals surface area (Å²) in [6.07, 6.45) is 8.96. The minimum atomic E-state index is 0.151. The molecule has 2 bridgehead atoms. The van der Waals surface area contributed by atoms with Crippen molar-refractivity contribution in [2.75, 3.05) is 6.54 Å². The first-order valence-electron chi connectivity index (χ1n) is 12.7. The predicted octanol–water partition coefficient (Wildman–Crippen LogP) is 7.83. The number of Topliss-reactive ketones (excluding diaryl/α,β-unsaturated/α-hetero) is 1. The molecule has 0 N–H and O–H groups in total. The van der Waals surface area contributed by atoms with Gasteiger partial charge in [-0.05, 0) is 104 Å². The second-order valence-corrected chi connectivity index (χ2v) is 11.6. The van der Waals surface area contributed by atoms with Gasteiger partial charge >= 0.3 is 0 Å². The fourth-order valence-corrected chi connectivity index (χ4v) is 7.34. The molecule has 5 rings (SSSR count). The smallest absolute Gasteiger partial charge is 0.162 e. The number of piperidine rings is 1. The summed E-state index contributed by atoms with van der Waals surface area (Å²) in [6.45, 7) is 5.88. The molecule has 0 saturated carbocycles. The predicted molar refractivity (Wildman–Crippen MR) is 145 cm³/mol. The lowest BCUT2D eigenvalue weighted by Gasteiger charge is -2.39. The molecule has 0 amide bonds. The topological polar surface area (TPSA) is 25.2 Å². The van der Waals surface area contributed by atoms with Crippen LogP contribution in [0.1, 0.15) is 67.1 Å². The Hall–Kier alpha value is -1.62. The number of rotatable bonds is 8. The summed E-state index contributed by atoms with van der Waals surface area (Å²) in [7, 11) is 0. The van der Waals surface area contributed by atoms with E-state index >= 15 is 0 Å². The molecule has 3 nitrogen and oxygen atoms in total. The molecule has 2 aliphatic rings. The van der Waals surface area contributed by atoms with Crippen LogP contribution in [0.2, 0.25) is 5.02 Å². The van der Waals surface area contributed by atoms with Gasteiger partial charge in [0.05, 0.1) is 5.52 Å². The number of para-hydroxylation sites is 1. The van der Waals surface area contributed by atoms with E-state index in [1.54, 1.807) is 6.92 Å². The van der Waals surface area contributed by atoms with Crippen molar-refractivity contribution >= 4 is 44.2 Å². The first kappa shape index (κ1) is 24.1. The lowest BCUT2D eigenvalue weighted by Crippen LogP contribution is -2.43. The molecule has 0 spiro atoms. The minimum Gasteiger partial charge on any atom is -0.343 e. The van der Waals surface area contributed by atoms with Crippen LogP contribution in [0, 0.1) is 12.8 Å². The third-order valence-electron chi connectivity index (χ3n) is 8.18. The van der Waals surface area contributed by atoms with Gasteiger partial charge in [0.1, 0.15) is 0 Å². The minimum absolute atomic E-state index is 0.151. The van der Waals surface area contributed by atoms with E-state index in [0.717, 1.165) is 75.6 Å². The number of carbonyl (C=O) groups excluding carboxylic acids is 1.